The van der Waals surface area contributed by atoms with Gasteiger partial charge in [0.15, 0.2) is 5.13 Å². The number of rotatable bonds is 8. The van der Waals surface area contributed by atoms with E-state index in [4.69, 9.17) is 10.5 Å². The third-order valence-electron chi connectivity index (χ3n) is 5.51. The molecule has 4 N–H and O–H groups in total. The van der Waals surface area contributed by atoms with Crippen molar-refractivity contribution >= 4 is 34.4 Å². The van der Waals surface area contributed by atoms with Crippen molar-refractivity contribution < 1.29 is 19.1 Å². The lowest BCUT2D eigenvalue weighted by molar-refractivity contribution is -0.115. The Morgan fingerprint density at radius 1 is 0.973 bits per heavy atom. The van der Waals surface area contributed by atoms with Crippen molar-refractivity contribution in [2.75, 3.05) is 11.9 Å². The molecule has 188 valence electrons. The molecule has 0 radical (unpaired) electrons. The summed E-state index contributed by atoms with van der Waals surface area (Å²) in [6.07, 6.45) is 2.57. The first kappa shape index (κ1) is 25.5. The number of ether oxygens (including phenoxy) is 1. The molecule has 0 fully saturated rings. The summed E-state index contributed by atoms with van der Waals surface area (Å²) in [4.78, 5) is 44.8. The minimum Gasteiger partial charge on any atom is -0.439 e. The zero-order chi connectivity index (χ0) is 26.4. The molecule has 0 atom stereocenters. The van der Waals surface area contributed by atoms with Crippen LogP contribution in [-0.4, -0.2) is 34.4 Å². The van der Waals surface area contributed by atoms with E-state index in [1.165, 1.54) is 11.3 Å². The smallest absolute Gasteiger partial charge is 0.405 e. The molecule has 3 amide bonds. The number of benzene rings is 2. The van der Waals surface area contributed by atoms with Crippen molar-refractivity contribution in [1.29, 1.82) is 0 Å². The first-order valence-electron chi connectivity index (χ1n) is 11.3. The molecule has 2 aromatic carbocycles. The number of nitrogens with zero attached hydrogens (tertiary/aromatic N) is 2. The zero-order valence-corrected chi connectivity index (χ0v) is 21.0. The highest BCUT2D eigenvalue weighted by Crippen LogP contribution is 2.29. The van der Waals surface area contributed by atoms with Crippen LogP contribution in [0.1, 0.15) is 29.8 Å². The van der Waals surface area contributed by atoms with Gasteiger partial charge in [-0.3, -0.25) is 14.6 Å². The molecule has 0 spiro atoms. The van der Waals surface area contributed by atoms with Gasteiger partial charge in [-0.25, -0.2) is 9.78 Å². The minimum atomic E-state index is -1.01. The van der Waals surface area contributed by atoms with E-state index >= 15 is 0 Å². The van der Waals surface area contributed by atoms with Crippen LogP contribution in [0, 0.1) is 0 Å². The monoisotopic (exact) mass is 515 g/mol. The Balaban J connectivity index is 1.36. The van der Waals surface area contributed by atoms with E-state index in [0.717, 1.165) is 22.4 Å². The summed E-state index contributed by atoms with van der Waals surface area (Å²) >= 11 is 1.30. The van der Waals surface area contributed by atoms with Gasteiger partial charge in [0, 0.05) is 28.9 Å². The summed E-state index contributed by atoms with van der Waals surface area (Å²) < 4.78 is 5.12. The average molecular weight is 516 g/mol. The van der Waals surface area contributed by atoms with Crippen LogP contribution in [0.2, 0.25) is 0 Å². The van der Waals surface area contributed by atoms with Crippen LogP contribution >= 0.6 is 11.3 Å². The van der Waals surface area contributed by atoms with Crippen molar-refractivity contribution in [2.24, 2.45) is 5.73 Å². The molecule has 4 rings (SSSR count). The van der Waals surface area contributed by atoms with E-state index < -0.39 is 23.5 Å². The quantitative estimate of drug-likeness (QED) is 0.314. The first-order chi connectivity index (χ1) is 17.7. The molecule has 0 aliphatic heterocycles. The Labute approximate surface area is 217 Å². The summed E-state index contributed by atoms with van der Waals surface area (Å²) in [5.41, 5.74) is 8.76. The Morgan fingerprint density at radius 3 is 2.46 bits per heavy atom. The summed E-state index contributed by atoms with van der Waals surface area (Å²) in [6.45, 7) is 3.09. The number of anilines is 1. The average Bonchev–Trinajstić information content (AvgIpc) is 3.35. The molecule has 0 saturated heterocycles. The van der Waals surface area contributed by atoms with E-state index in [-0.39, 0.29) is 6.54 Å². The predicted molar refractivity (Wildman–Crippen MR) is 142 cm³/mol. The first-order valence-corrected chi connectivity index (χ1v) is 12.2. The number of pyridine rings is 1. The van der Waals surface area contributed by atoms with E-state index in [1.807, 2.05) is 41.8 Å². The van der Waals surface area contributed by atoms with Gasteiger partial charge in [0.05, 0.1) is 12.2 Å². The van der Waals surface area contributed by atoms with Crippen molar-refractivity contribution in [3.05, 3.63) is 89.6 Å². The highest BCUT2D eigenvalue weighted by atomic mass is 32.1. The second kappa shape index (κ2) is 11.0. The number of hydrogen-bond donors (Lipinski definition) is 3. The van der Waals surface area contributed by atoms with Crippen LogP contribution < -0.4 is 16.4 Å². The molecule has 9 nitrogen and oxygen atoms in total. The highest BCUT2D eigenvalue weighted by molar-refractivity contribution is 7.14. The SMILES string of the molecule is CC(C)(OC(N)=O)c1cccc(C(=O)NCC(=O)Nc2nc(-c3cccc(-c4ccncc4)c3)cs2)c1. The third-order valence-corrected chi connectivity index (χ3v) is 6.27. The summed E-state index contributed by atoms with van der Waals surface area (Å²) in [5.74, 6) is -0.854. The fourth-order valence-electron chi connectivity index (χ4n) is 3.64. The van der Waals surface area contributed by atoms with Gasteiger partial charge < -0.3 is 21.1 Å². The largest absolute Gasteiger partial charge is 0.439 e. The van der Waals surface area contributed by atoms with Gasteiger partial charge in [0.2, 0.25) is 5.91 Å². The predicted octanol–water partition coefficient (Wildman–Crippen LogP) is 4.57. The van der Waals surface area contributed by atoms with Gasteiger partial charge >= 0.3 is 6.09 Å². The molecule has 0 saturated carbocycles. The topological polar surface area (TPSA) is 136 Å². The van der Waals surface area contributed by atoms with Crippen molar-refractivity contribution in [2.45, 2.75) is 19.4 Å². The zero-order valence-electron chi connectivity index (χ0n) is 20.2. The molecule has 0 unspecified atom stereocenters. The standard InChI is InChI=1S/C27H25N5O4S/c1-27(2,36-25(28)35)21-8-4-7-20(14-21)24(34)30-15-23(33)32-26-31-22(16-37-26)19-6-3-5-18(13-19)17-9-11-29-12-10-17/h3-14,16H,15H2,1-2H3,(H2,28,35)(H,30,34)(H,31,32,33). The number of carbonyl (C=O) groups excluding carboxylic acids is 3. The van der Waals surface area contributed by atoms with Crippen LogP contribution in [0.3, 0.4) is 0 Å². The molecule has 0 aliphatic rings. The van der Waals surface area contributed by atoms with Gasteiger partial charge in [-0.1, -0.05) is 30.3 Å². The second-order valence-corrected chi connectivity index (χ2v) is 9.46. The van der Waals surface area contributed by atoms with Gasteiger partial charge in [0.1, 0.15) is 5.60 Å². The van der Waals surface area contributed by atoms with E-state index in [0.29, 0.717) is 16.3 Å². The van der Waals surface area contributed by atoms with Crippen LogP contribution in [-0.2, 0) is 15.1 Å². The van der Waals surface area contributed by atoms with Crippen LogP contribution in [0.5, 0.6) is 0 Å². The number of amides is 3. The molecule has 2 heterocycles. The van der Waals surface area contributed by atoms with Gasteiger partial charge in [-0.2, -0.15) is 0 Å². The third kappa shape index (κ3) is 6.56. The van der Waals surface area contributed by atoms with Gasteiger partial charge in [0.25, 0.3) is 5.91 Å². The number of primary amides is 1. The normalized spacial score (nSPS) is 11.0. The summed E-state index contributed by atoms with van der Waals surface area (Å²) in [6, 6.07) is 18.4. The number of nitrogens with one attached hydrogen (secondary N) is 2. The van der Waals surface area contributed by atoms with Crippen LogP contribution in [0.15, 0.2) is 78.4 Å². The fraction of sp³-hybridized carbons (Fsp3) is 0.148. The summed E-state index contributed by atoms with van der Waals surface area (Å²) in [7, 11) is 0. The second-order valence-electron chi connectivity index (χ2n) is 8.60. The molecule has 0 bridgehead atoms. The van der Waals surface area contributed by atoms with Gasteiger partial charge in [-0.05, 0) is 60.9 Å². The molecule has 37 heavy (non-hydrogen) atoms. The number of aromatic nitrogens is 2. The Kier molecular flexibility index (Phi) is 7.59. The summed E-state index contributed by atoms with van der Waals surface area (Å²) in [5, 5.41) is 7.60. The highest BCUT2D eigenvalue weighted by Gasteiger charge is 2.25. The van der Waals surface area contributed by atoms with Gasteiger partial charge in [-0.15, -0.1) is 11.3 Å². The molecular weight excluding hydrogens is 490 g/mol. The molecule has 2 aromatic heterocycles. The molecular formula is C27H25N5O4S. The maximum atomic E-state index is 12.6. The number of hydrogen-bond acceptors (Lipinski definition) is 7. The lowest BCUT2D eigenvalue weighted by Gasteiger charge is -2.24. The van der Waals surface area contributed by atoms with Crippen LogP contribution in [0.4, 0.5) is 9.93 Å². The number of thiazole rings is 1. The van der Waals surface area contributed by atoms with E-state index in [1.54, 1.807) is 50.5 Å². The molecule has 4 aromatic rings. The van der Waals surface area contributed by atoms with Crippen molar-refractivity contribution in [1.82, 2.24) is 15.3 Å². The minimum absolute atomic E-state index is 0.239. The Bertz CT molecular complexity index is 1440. The van der Waals surface area contributed by atoms with E-state index in [9.17, 15) is 14.4 Å². The maximum Gasteiger partial charge on any atom is 0.405 e. The maximum absolute atomic E-state index is 12.6. The molecule has 0 aliphatic carbocycles. The Hall–Kier alpha value is -4.57. The van der Waals surface area contributed by atoms with Crippen molar-refractivity contribution in [3.63, 3.8) is 0 Å². The molecule has 10 heteroatoms. The Morgan fingerprint density at radius 2 is 1.70 bits per heavy atom. The van der Waals surface area contributed by atoms with Crippen LogP contribution in [0.25, 0.3) is 22.4 Å². The lowest BCUT2D eigenvalue weighted by Crippen LogP contribution is -2.33. The number of nitrogens with two attached hydrogens (primary N) is 1. The lowest BCUT2D eigenvalue weighted by atomic mass is 9.96. The fourth-order valence-corrected chi connectivity index (χ4v) is 4.37. The van der Waals surface area contributed by atoms with Crippen molar-refractivity contribution in [3.8, 4) is 22.4 Å². The number of carbonyl (C=O) groups is 3. The van der Waals surface area contributed by atoms with E-state index in [2.05, 4.69) is 20.6 Å².